The van der Waals surface area contributed by atoms with Crippen LogP contribution in [0.3, 0.4) is 0 Å². The summed E-state index contributed by atoms with van der Waals surface area (Å²) >= 11 is 0. The number of carbonyl (C=O) groups excluding carboxylic acids is 1. The summed E-state index contributed by atoms with van der Waals surface area (Å²) in [6.07, 6.45) is 3.75. The highest BCUT2D eigenvalue weighted by molar-refractivity contribution is 5.77. The van der Waals surface area contributed by atoms with E-state index in [2.05, 4.69) is 43.0 Å². The monoisotopic (exact) mass is 274 g/mol. The summed E-state index contributed by atoms with van der Waals surface area (Å²) in [6.45, 7) is 5.72. The van der Waals surface area contributed by atoms with Crippen molar-refractivity contribution >= 4 is 5.91 Å². The van der Waals surface area contributed by atoms with E-state index < -0.39 is 0 Å². The normalized spacial score (nSPS) is 20.1. The van der Waals surface area contributed by atoms with Crippen LogP contribution in [0.4, 0.5) is 0 Å². The van der Waals surface area contributed by atoms with Gasteiger partial charge in [0.05, 0.1) is 6.04 Å². The fourth-order valence-electron chi connectivity index (χ4n) is 3.11. The Labute approximate surface area is 122 Å². The highest BCUT2D eigenvalue weighted by Crippen LogP contribution is 2.34. The van der Waals surface area contributed by atoms with Gasteiger partial charge < -0.3 is 10.6 Å². The van der Waals surface area contributed by atoms with Crippen molar-refractivity contribution in [1.29, 1.82) is 0 Å². The predicted molar refractivity (Wildman–Crippen MR) is 82.3 cm³/mol. The Morgan fingerprint density at radius 3 is 2.85 bits per heavy atom. The lowest BCUT2D eigenvalue weighted by atomic mass is 9.98. The van der Waals surface area contributed by atoms with Crippen molar-refractivity contribution in [3.8, 4) is 0 Å². The first-order valence-corrected chi connectivity index (χ1v) is 7.72. The van der Waals surface area contributed by atoms with Crippen LogP contribution >= 0.6 is 0 Å². The molecule has 0 aromatic heterocycles. The molecule has 0 radical (unpaired) electrons. The van der Waals surface area contributed by atoms with Gasteiger partial charge in [0.1, 0.15) is 0 Å². The quantitative estimate of drug-likeness (QED) is 0.897. The molecule has 3 heteroatoms. The molecule has 0 aliphatic carbocycles. The summed E-state index contributed by atoms with van der Waals surface area (Å²) in [6, 6.07) is 8.68. The largest absolute Gasteiger partial charge is 0.336 e. The van der Waals surface area contributed by atoms with E-state index in [0.717, 1.165) is 25.8 Å². The van der Waals surface area contributed by atoms with E-state index >= 15 is 0 Å². The van der Waals surface area contributed by atoms with E-state index in [1.54, 1.807) is 0 Å². The van der Waals surface area contributed by atoms with Crippen LogP contribution in [-0.4, -0.2) is 23.9 Å². The van der Waals surface area contributed by atoms with Gasteiger partial charge in [0.25, 0.3) is 0 Å². The zero-order valence-electron chi connectivity index (χ0n) is 12.6. The van der Waals surface area contributed by atoms with Gasteiger partial charge in [-0.15, -0.1) is 0 Å². The van der Waals surface area contributed by atoms with Crippen LogP contribution in [0.15, 0.2) is 24.3 Å². The summed E-state index contributed by atoms with van der Waals surface area (Å²) in [5, 5.41) is 0. The van der Waals surface area contributed by atoms with E-state index in [1.807, 2.05) is 0 Å². The first-order valence-electron chi connectivity index (χ1n) is 7.72. The first kappa shape index (κ1) is 15.0. The molecule has 2 unspecified atom stereocenters. The van der Waals surface area contributed by atoms with E-state index in [-0.39, 0.29) is 11.9 Å². The molecule has 1 fully saturated rings. The number of aryl methyl sites for hydroxylation is 1. The summed E-state index contributed by atoms with van der Waals surface area (Å²) < 4.78 is 0. The van der Waals surface area contributed by atoms with Crippen molar-refractivity contribution in [3.05, 3.63) is 35.4 Å². The molecule has 0 bridgehead atoms. The average molecular weight is 274 g/mol. The Bertz CT molecular complexity index is 454. The van der Waals surface area contributed by atoms with Crippen molar-refractivity contribution in [3.63, 3.8) is 0 Å². The van der Waals surface area contributed by atoms with Gasteiger partial charge in [-0.3, -0.25) is 4.79 Å². The Kier molecular flexibility index (Phi) is 5.18. The third kappa shape index (κ3) is 3.21. The highest BCUT2D eigenvalue weighted by Gasteiger charge is 2.31. The average Bonchev–Trinajstić information content (AvgIpc) is 2.94. The second-order valence-electron chi connectivity index (χ2n) is 5.82. The van der Waals surface area contributed by atoms with Gasteiger partial charge in [-0.05, 0) is 43.4 Å². The molecule has 110 valence electrons. The molecular formula is C17H26N2O. The topological polar surface area (TPSA) is 46.3 Å². The molecule has 0 spiro atoms. The minimum absolute atomic E-state index is 0.263. The molecule has 2 N–H and O–H groups in total. The number of hydrogen-bond acceptors (Lipinski definition) is 2. The number of likely N-dealkylation sites (tertiary alicyclic amines) is 1. The smallest absolute Gasteiger partial charge is 0.223 e. The zero-order chi connectivity index (χ0) is 14.5. The van der Waals surface area contributed by atoms with Gasteiger partial charge in [0.15, 0.2) is 0 Å². The van der Waals surface area contributed by atoms with Crippen LogP contribution in [-0.2, 0) is 4.79 Å². The molecule has 1 aromatic carbocycles. The van der Waals surface area contributed by atoms with E-state index in [0.29, 0.717) is 18.9 Å². The van der Waals surface area contributed by atoms with Crippen molar-refractivity contribution in [1.82, 2.24) is 4.90 Å². The maximum Gasteiger partial charge on any atom is 0.223 e. The standard InChI is InChI=1S/C17H26N2O/c1-3-14(12-18)11-17(20)19-10-6-9-16(19)15-8-5-4-7-13(15)2/h4-5,7-8,14,16H,3,6,9-12,18H2,1-2H3. The predicted octanol–water partition coefficient (Wildman–Crippen LogP) is 3.03. The van der Waals surface area contributed by atoms with E-state index in [9.17, 15) is 4.79 Å². The minimum Gasteiger partial charge on any atom is -0.336 e. The van der Waals surface area contributed by atoms with Gasteiger partial charge in [0.2, 0.25) is 5.91 Å². The number of rotatable bonds is 5. The Balaban J connectivity index is 2.11. The number of nitrogens with two attached hydrogens (primary N) is 1. The van der Waals surface area contributed by atoms with Gasteiger partial charge in [-0.1, -0.05) is 37.6 Å². The van der Waals surface area contributed by atoms with E-state index in [4.69, 9.17) is 5.73 Å². The summed E-state index contributed by atoms with van der Waals surface area (Å²) in [7, 11) is 0. The van der Waals surface area contributed by atoms with Crippen molar-refractivity contribution < 1.29 is 4.79 Å². The maximum atomic E-state index is 12.5. The number of carbonyl (C=O) groups is 1. The van der Waals surface area contributed by atoms with Crippen molar-refractivity contribution in [2.45, 2.75) is 45.6 Å². The molecule has 0 saturated carbocycles. The lowest BCUT2D eigenvalue weighted by Crippen LogP contribution is -2.33. The molecule has 3 nitrogen and oxygen atoms in total. The molecule has 1 amide bonds. The maximum absolute atomic E-state index is 12.5. The van der Waals surface area contributed by atoms with Crippen molar-refractivity contribution in [2.24, 2.45) is 11.7 Å². The van der Waals surface area contributed by atoms with Crippen LogP contribution in [0.25, 0.3) is 0 Å². The summed E-state index contributed by atoms with van der Waals surface area (Å²) in [5.41, 5.74) is 8.31. The molecule has 1 aliphatic heterocycles. The minimum atomic E-state index is 0.263. The lowest BCUT2D eigenvalue weighted by molar-refractivity contribution is -0.133. The Hall–Kier alpha value is -1.35. The van der Waals surface area contributed by atoms with Gasteiger partial charge in [-0.25, -0.2) is 0 Å². The van der Waals surface area contributed by atoms with Crippen LogP contribution in [0.2, 0.25) is 0 Å². The molecule has 2 atom stereocenters. The first-order chi connectivity index (χ1) is 9.67. The number of nitrogens with zero attached hydrogens (tertiary/aromatic N) is 1. The zero-order valence-corrected chi connectivity index (χ0v) is 12.6. The van der Waals surface area contributed by atoms with Gasteiger partial charge >= 0.3 is 0 Å². The van der Waals surface area contributed by atoms with Crippen LogP contribution in [0.1, 0.15) is 49.8 Å². The molecule has 1 aromatic rings. The Morgan fingerprint density at radius 2 is 2.20 bits per heavy atom. The summed E-state index contributed by atoms with van der Waals surface area (Å²) in [5.74, 6) is 0.591. The molecule has 20 heavy (non-hydrogen) atoms. The number of benzene rings is 1. The third-order valence-corrected chi connectivity index (χ3v) is 4.49. The number of hydrogen-bond donors (Lipinski definition) is 1. The molecule has 2 rings (SSSR count). The second kappa shape index (κ2) is 6.89. The van der Waals surface area contributed by atoms with Crippen LogP contribution in [0.5, 0.6) is 0 Å². The summed E-state index contributed by atoms with van der Waals surface area (Å²) in [4.78, 5) is 14.6. The van der Waals surface area contributed by atoms with Crippen LogP contribution < -0.4 is 5.73 Å². The molecule has 1 aliphatic rings. The molecule has 1 saturated heterocycles. The van der Waals surface area contributed by atoms with Crippen molar-refractivity contribution in [2.75, 3.05) is 13.1 Å². The lowest BCUT2D eigenvalue weighted by Gasteiger charge is -2.27. The SMILES string of the molecule is CCC(CN)CC(=O)N1CCCC1c1ccccc1C. The fraction of sp³-hybridized carbons (Fsp3) is 0.588. The van der Waals surface area contributed by atoms with Crippen LogP contribution in [0, 0.1) is 12.8 Å². The highest BCUT2D eigenvalue weighted by atomic mass is 16.2. The van der Waals surface area contributed by atoms with Gasteiger partial charge in [-0.2, -0.15) is 0 Å². The fourth-order valence-corrected chi connectivity index (χ4v) is 3.11. The second-order valence-corrected chi connectivity index (χ2v) is 5.82. The van der Waals surface area contributed by atoms with E-state index in [1.165, 1.54) is 11.1 Å². The molecular weight excluding hydrogens is 248 g/mol. The molecule has 1 heterocycles. The number of amides is 1. The third-order valence-electron chi connectivity index (χ3n) is 4.49. The van der Waals surface area contributed by atoms with Gasteiger partial charge in [0, 0.05) is 13.0 Å². The Morgan fingerprint density at radius 1 is 1.45 bits per heavy atom.